The zero-order valence-corrected chi connectivity index (χ0v) is 20.7. The van der Waals surface area contributed by atoms with Gasteiger partial charge in [0.15, 0.2) is 0 Å². The molecule has 3 amide bonds. The van der Waals surface area contributed by atoms with E-state index in [1.165, 1.54) is 23.3 Å². The fraction of sp³-hybridized carbons (Fsp3) is 0.444. The predicted octanol–water partition coefficient (Wildman–Crippen LogP) is 4.28. The number of rotatable bonds is 13. The molecule has 0 unspecified atom stereocenters. The molecular weight excluding hydrogens is 430 g/mol. The third-order valence-electron chi connectivity index (χ3n) is 5.30. The average molecular weight is 468 g/mol. The summed E-state index contributed by atoms with van der Waals surface area (Å²) in [7, 11) is 1.57. The molecule has 0 radical (unpaired) electrons. The second kappa shape index (κ2) is 14.0. The summed E-state index contributed by atoms with van der Waals surface area (Å²) in [6.07, 6.45) is 4.50. The lowest BCUT2D eigenvalue weighted by molar-refractivity contribution is -0.124. The highest BCUT2D eigenvalue weighted by atomic mass is 16.5. The Morgan fingerprint density at radius 1 is 0.941 bits per heavy atom. The number of hydrogen-bond donors (Lipinski definition) is 2. The summed E-state index contributed by atoms with van der Waals surface area (Å²) in [5.74, 6) is -0.0311. The van der Waals surface area contributed by atoms with Crippen molar-refractivity contribution in [3.8, 4) is 5.75 Å². The van der Waals surface area contributed by atoms with Crippen LogP contribution in [0.25, 0.3) is 0 Å². The minimum absolute atomic E-state index is 0.106. The van der Waals surface area contributed by atoms with Crippen molar-refractivity contribution in [3.63, 3.8) is 0 Å². The van der Waals surface area contributed by atoms with Gasteiger partial charge in [-0.05, 0) is 60.7 Å². The van der Waals surface area contributed by atoms with Gasteiger partial charge in [-0.3, -0.25) is 14.4 Å². The summed E-state index contributed by atoms with van der Waals surface area (Å²) in [5, 5.41) is 5.32. The number of ether oxygens (including phenoxy) is 1. The number of benzene rings is 2. The Hall–Kier alpha value is -3.35. The Morgan fingerprint density at radius 2 is 1.62 bits per heavy atom. The summed E-state index contributed by atoms with van der Waals surface area (Å²) < 4.78 is 5.09. The first-order valence-electron chi connectivity index (χ1n) is 11.9. The third-order valence-corrected chi connectivity index (χ3v) is 5.30. The van der Waals surface area contributed by atoms with Crippen LogP contribution in [0.3, 0.4) is 0 Å². The Morgan fingerprint density at radius 3 is 2.21 bits per heavy atom. The van der Waals surface area contributed by atoms with E-state index in [0.717, 1.165) is 12.8 Å². The topological polar surface area (TPSA) is 87.7 Å². The summed E-state index contributed by atoms with van der Waals surface area (Å²) >= 11 is 0. The highest BCUT2D eigenvalue weighted by molar-refractivity contribution is 5.98. The maximum Gasteiger partial charge on any atom is 0.254 e. The maximum atomic E-state index is 13.1. The molecule has 7 heteroatoms. The fourth-order valence-corrected chi connectivity index (χ4v) is 3.52. The van der Waals surface area contributed by atoms with Crippen molar-refractivity contribution >= 4 is 23.4 Å². The lowest BCUT2D eigenvalue weighted by Crippen LogP contribution is -2.44. The smallest absolute Gasteiger partial charge is 0.254 e. The molecule has 0 spiro atoms. The minimum atomic E-state index is -0.380. The molecule has 0 saturated heterocycles. The molecule has 2 N–H and O–H groups in total. The summed E-state index contributed by atoms with van der Waals surface area (Å²) in [6, 6.07) is 14.5. The normalized spacial score (nSPS) is 10.6. The molecule has 7 nitrogen and oxygen atoms in total. The number of unbranched alkanes of at least 4 members (excludes halogenated alkanes) is 2. The van der Waals surface area contributed by atoms with Crippen molar-refractivity contribution in [1.82, 2.24) is 10.2 Å². The van der Waals surface area contributed by atoms with E-state index >= 15 is 0 Å². The van der Waals surface area contributed by atoms with Crippen molar-refractivity contribution in [2.75, 3.05) is 32.1 Å². The van der Waals surface area contributed by atoms with Gasteiger partial charge in [0.1, 0.15) is 5.75 Å². The van der Waals surface area contributed by atoms with Crippen molar-refractivity contribution < 1.29 is 19.1 Å². The van der Waals surface area contributed by atoms with Gasteiger partial charge in [-0.25, -0.2) is 0 Å². The largest absolute Gasteiger partial charge is 0.497 e. The maximum absolute atomic E-state index is 13.1. The Kier molecular flexibility index (Phi) is 11.1. The Labute approximate surface area is 202 Å². The van der Waals surface area contributed by atoms with E-state index in [0.29, 0.717) is 23.5 Å². The fourth-order valence-electron chi connectivity index (χ4n) is 3.52. The van der Waals surface area contributed by atoms with Crippen LogP contribution in [0.5, 0.6) is 5.75 Å². The first kappa shape index (κ1) is 26.9. The standard InChI is InChI=1S/C27H37N3O4/c1-5-6-7-8-21-9-11-22(12-10-21)27(33)30(18-20(2)3)19-26(32)28-17-25(31)29-23-13-15-24(34-4)16-14-23/h9-16,20H,5-8,17-19H2,1-4H3,(H,28,32)(H,29,31). The van der Waals surface area contributed by atoms with Crippen LogP contribution in [0, 0.1) is 5.92 Å². The van der Waals surface area contributed by atoms with Crippen LogP contribution < -0.4 is 15.4 Å². The van der Waals surface area contributed by atoms with Crippen molar-refractivity contribution in [3.05, 3.63) is 59.7 Å². The summed E-state index contributed by atoms with van der Waals surface area (Å²) in [5.41, 5.74) is 2.38. The van der Waals surface area contributed by atoms with E-state index in [-0.39, 0.29) is 36.7 Å². The second-order valence-electron chi connectivity index (χ2n) is 8.79. The number of nitrogens with zero attached hydrogens (tertiary/aromatic N) is 1. The van der Waals surface area contributed by atoms with Crippen LogP contribution >= 0.6 is 0 Å². The quantitative estimate of drug-likeness (QED) is 0.431. The van der Waals surface area contributed by atoms with Gasteiger partial charge in [0, 0.05) is 17.8 Å². The van der Waals surface area contributed by atoms with Crippen LogP contribution in [-0.2, 0) is 16.0 Å². The van der Waals surface area contributed by atoms with Crippen LogP contribution in [0.2, 0.25) is 0 Å². The molecule has 0 saturated carbocycles. The molecule has 0 aliphatic rings. The van der Waals surface area contributed by atoms with E-state index in [4.69, 9.17) is 4.74 Å². The molecule has 0 atom stereocenters. The number of nitrogens with one attached hydrogen (secondary N) is 2. The van der Waals surface area contributed by atoms with Gasteiger partial charge in [-0.2, -0.15) is 0 Å². The van der Waals surface area contributed by atoms with E-state index in [9.17, 15) is 14.4 Å². The number of anilines is 1. The van der Waals surface area contributed by atoms with Gasteiger partial charge in [-0.15, -0.1) is 0 Å². The molecule has 0 bridgehead atoms. The molecule has 0 fully saturated rings. The zero-order valence-electron chi connectivity index (χ0n) is 20.7. The first-order valence-corrected chi connectivity index (χ1v) is 11.9. The molecule has 34 heavy (non-hydrogen) atoms. The van der Waals surface area contributed by atoms with E-state index in [1.807, 2.05) is 38.1 Å². The number of carbonyl (C=O) groups is 3. The van der Waals surface area contributed by atoms with Gasteiger partial charge in [0.2, 0.25) is 11.8 Å². The molecule has 0 aromatic heterocycles. The lowest BCUT2D eigenvalue weighted by atomic mass is 10.0. The monoisotopic (exact) mass is 467 g/mol. The molecule has 0 aliphatic carbocycles. The van der Waals surface area contributed by atoms with Crippen LogP contribution in [0.1, 0.15) is 56.0 Å². The lowest BCUT2D eigenvalue weighted by Gasteiger charge is -2.24. The molecule has 184 valence electrons. The van der Waals surface area contributed by atoms with Crippen LogP contribution in [0.4, 0.5) is 5.69 Å². The van der Waals surface area contributed by atoms with Crippen molar-refractivity contribution in [1.29, 1.82) is 0 Å². The van der Waals surface area contributed by atoms with Crippen LogP contribution in [-0.4, -0.2) is 49.4 Å². The molecule has 2 aromatic carbocycles. The van der Waals surface area contributed by atoms with E-state index in [1.54, 1.807) is 31.4 Å². The zero-order chi connectivity index (χ0) is 24.9. The number of carbonyl (C=O) groups excluding carboxylic acids is 3. The number of amides is 3. The first-order chi connectivity index (χ1) is 16.3. The van der Waals surface area contributed by atoms with Gasteiger partial charge in [-0.1, -0.05) is 45.7 Å². The second-order valence-corrected chi connectivity index (χ2v) is 8.79. The van der Waals surface area contributed by atoms with Crippen molar-refractivity contribution in [2.24, 2.45) is 5.92 Å². The number of aryl methyl sites for hydroxylation is 1. The molecule has 0 heterocycles. The van der Waals surface area contributed by atoms with Crippen molar-refractivity contribution in [2.45, 2.75) is 46.5 Å². The average Bonchev–Trinajstić information content (AvgIpc) is 2.83. The SMILES string of the molecule is CCCCCc1ccc(C(=O)N(CC(=O)NCC(=O)Nc2ccc(OC)cc2)CC(C)C)cc1. The van der Waals surface area contributed by atoms with Crippen LogP contribution in [0.15, 0.2) is 48.5 Å². The Balaban J connectivity index is 1.90. The molecule has 2 rings (SSSR count). The predicted molar refractivity (Wildman–Crippen MR) is 135 cm³/mol. The Bertz CT molecular complexity index is 924. The highest BCUT2D eigenvalue weighted by Crippen LogP contribution is 2.15. The third kappa shape index (κ3) is 9.25. The van der Waals surface area contributed by atoms with Gasteiger partial charge >= 0.3 is 0 Å². The molecular formula is C27H37N3O4. The molecule has 0 aliphatic heterocycles. The van der Waals surface area contributed by atoms with E-state index in [2.05, 4.69) is 17.6 Å². The minimum Gasteiger partial charge on any atom is -0.497 e. The van der Waals surface area contributed by atoms with Gasteiger partial charge in [0.05, 0.1) is 20.2 Å². The van der Waals surface area contributed by atoms with E-state index < -0.39 is 0 Å². The summed E-state index contributed by atoms with van der Waals surface area (Å²) in [6.45, 7) is 6.33. The summed E-state index contributed by atoms with van der Waals surface area (Å²) in [4.78, 5) is 39.3. The van der Waals surface area contributed by atoms with Gasteiger partial charge in [0.25, 0.3) is 5.91 Å². The number of methoxy groups -OCH3 is 1. The van der Waals surface area contributed by atoms with Gasteiger partial charge < -0.3 is 20.3 Å². The molecule has 2 aromatic rings. The highest BCUT2D eigenvalue weighted by Gasteiger charge is 2.20. The number of hydrogen-bond acceptors (Lipinski definition) is 4.